The number of aryl methyl sites for hydroxylation is 1. The summed E-state index contributed by atoms with van der Waals surface area (Å²) in [5.41, 5.74) is 2.78. The highest BCUT2D eigenvalue weighted by Crippen LogP contribution is 2.37. The summed E-state index contributed by atoms with van der Waals surface area (Å²) < 4.78 is 5.39. The summed E-state index contributed by atoms with van der Waals surface area (Å²) in [6, 6.07) is 11.5. The van der Waals surface area contributed by atoms with E-state index < -0.39 is 5.97 Å². The van der Waals surface area contributed by atoms with Gasteiger partial charge in [-0.15, -0.1) is 11.3 Å². The van der Waals surface area contributed by atoms with Gasteiger partial charge in [0.25, 0.3) is 5.91 Å². The smallest absolute Gasteiger partial charge is 0.345 e. The molecule has 1 atom stereocenters. The monoisotopic (exact) mass is 446 g/mol. The highest BCUT2D eigenvalue weighted by Gasteiger charge is 2.29. The second kappa shape index (κ2) is 7.71. The molecule has 1 aliphatic rings. The van der Waals surface area contributed by atoms with Crippen molar-refractivity contribution in [3.05, 3.63) is 79.6 Å². The molecule has 0 saturated heterocycles. The van der Waals surface area contributed by atoms with Crippen molar-refractivity contribution in [2.45, 2.75) is 20.0 Å². The van der Waals surface area contributed by atoms with Crippen molar-refractivity contribution in [2.75, 3.05) is 5.32 Å². The van der Waals surface area contributed by atoms with Crippen LogP contribution in [-0.2, 0) is 0 Å². The Hall–Kier alpha value is -2.54. The average molecular weight is 447 g/mol. The van der Waals surface area contributed by atoms with Crippen LogP contribution in [0.4, 0.5) is 5.00 Å². The summed E-state index contributed by atoms with van der Waals surface area (Å²) in [6.07, 6.45) is -0.358. The minimum absolute atomic E-state index is 0.0986. The van der Waals surface area contributed by atoms with E-state index in [1.165, 1.54) is 12.1 Å². The lowest BCUT2D eigenvalue weighted by molar-refractivity contribution is 0.0734. The molecular weight excluding hydrogens is 431 g/mol. The van der Waals surface area contributed by atoms with Crippen molar-refractivity contribution in [1.29, 1.82) is 0 Å². The van der Waals surface area contributed by atoms with Crippen LogP contribution in [0.1, 0.15) is 42.9 Å². The number of nitrogens with one attached hydrogen (secondary N) is 2. The van der Waals surface area contributed by atoms with Gasteiger partial charge in [0.15, 0.2) is 0 Å². The normalized spacial score (nSPS) is 15.3. The SMILES string of the molecule is Cc1sc2c(c1C)C(=O)NC(c1ccc(OC(=O)c3ccc(Cl)cc3Cl)cc1)N2. The number of hydrogen-bond donors (Lipinski definition) is 2. The molecule has 0 aliphatic carbocycles. The van der Waals surface area contributed by atoms with Gasteiger partial charge < -0.3 is 15.4 Å². The van der Waals surface area contributed by atoms with Crippen LogP contribution in [0.15, 0.2) is 42.5 Å². The maximum atomic E-state index is 12.5. The molecule has 0 spiro atoms. The van der Waals surface area contributed by atoms with Gasteiger partial charge in [-0.1, -0.05) is 35.3 Å². The summed E-state index contributed by atoms with van der Waals surface area (Å²) >= 11 is 13.5. The summed E-state index contributed by atoms with van der Waals surface area (Å²) in [5, 5.41) is 7.85. The van der Waals surface area contributed by atoms with Gasteiger partial charge in [0.2, 0.25) is 0 Å². The van der Waals surface area contributed by atoms with E-state index in [9.17, 15) is 9.59 Å². The van der Waals surface area contributed by atoms with Crippen molar-refractivity contribution in [2.24, 2.45) is 0 Å². The number of esters is 1. The molecule has 2 aromatic carbocycles. The van der Waals surface area contributed by atoms with Crippen molar-refractivity contribution in [3.63, 3.8) is 0 Å². The molecule has 3 aromatic rings. The Kier molecular flexibility index (Phi) is 5.25. The van der Waals surface area contributed by atoms with E-state index in [1.54, 1.807) is 41.7 Å². The van der Waals surface area contributed by atoms with Crippen molar-refractivity contribution >= 4 is 51.4 Å². The van der Waals surface area contributed by atoms with Gasteiger partial charge in [-0.2, -0.15) is 0 Å². The number of hydrogen-bond acceptors (Lipinski definition) is 5. The van der Waals surface area contributed by atoms with Crippen LogP contribution in [0, 0.1) is 13.8 Å². The molecule has 1 amide bonds. The fourth-order valence-electron chi connectivity index (χ4n) is 3.08. The molecule has 148 valence electrons. The van der Waals surface area contributed by atoms with E-state index in [2.05, 4.69) is 10.6 Å². The zero-order valence-electron chi connectivity index (χ0n) is 15.5. The van der Waals surface area contributed by atoms with E-state index in [1.807, 2.05) is 13.8 Å². The van der Waals surface area contributed by atoms with Crippen molar-refractivity contribution in [3.8, 4) is 5.75 Å². The summed E-state index contributed by atoms with van der Waals surface area (Å²) in [7, 11) is 0. The highest BCUT2D eigenvalue weighted by molar-refractivity contribution is 7.16. The zero-order chi connectivity index (χ0) is 20.7. The molecule has 0 bridgehead atoms. The number of thiophene rings is 1. The van der Waals surface area contributed by atoms with Gasteiger partial charge in [0.05, 0.1) is 16.1 Å². The lowest BCUT2D eigenvalue weighted by atomic mass is 10.1. The standard InChI is InChI=1S/C21H16Cl2N2O3S/c1-10-11(2)29-20-17(10)19(26)24-18(25-20)12-3-6-14(7-4-12)28-21(27)15-8-5-13(22)9-16(15)23/h3-9,18,25H,1-2H3,(H,24,26). The topological polar surface area (TPSA) is 67.4 Å². The van der Waals surface area contributed by atoms with Crippen LogP contribution >= 0.6 is 34.5 Å². The molecule has 5 nitrogen and oxygen atoms in total. The Morgan fingerprint density at radius 1 is 1.07 bits per heavy atom. The number of carbonyl (C=O) groups is 2. The van der Waals surface area contributed by atoms with Gasteiger partial charge >= 0.3 is 5.97 Å². The minimum atomic E-state index is -0.572. The molecule has 29 heavy (non-hydrogen) atoms. The number of rotatable bonds is 3. The summed E-state index contributed by atoms with van der Waals surface area (Å²) in [5.74, 6) is -0.299. The molecule has 8 heteroatoms. The van der Waals surface area contributed by atoms with E-state index in [0.717, 1.165) is 21.0 Å². The van der Waals surface area contributed by atoms with E-state index in [4.69, 9.17) is 27.9 Å². The Morgan fingerprint density at radius 2 is 1.79 bits per heavy atom. The van der Waals surface area contributed by atoms with Crippen LogP contribution in [0.25, 0.3) is 0 Å². The van der Waals surface area contributed by atoms with Gasteiger partial charge in [-0.25, -0.2) is 4.79 Å². The van der Waals surface area contributed by atoms with Gasteiger partial charge in [0, 0.05) is 9.90 Å². The third kappa shape index (κ3) is 3.83. The quantitative estimate of drug-likeness (QED) is 0.397. The largest absolute Gasteiger partial charge is 0.423 e. The average Bonchev–Trinajstić information content (AvgIpc) is 2.96. The lowest BCUT2D eigenvalue weighted by Gasteiger charge is -2.26. The van der Waals surface area contributed by atoms with Crippen LogP contribution in [0.5, 0.6) is 5.75 Å². The maximum Gasteiger partial charge on any atom is 0.345 e. The number of ether oxygens (including phenoxy) is 1. The fourth-order valence-corrected chi connectivity index (χ4v) is 4.66. The van der Waals surface area contributed by atoms with Crippen LogP contribution in [0.3, 0.4) is 0 Å². The number of halogens is 2. The molecule has 1 aliphatic heterocycles. The number of carbonyl (C=O) groups excluding carboxylic acids is 2. The zero-order valence-corrected chi connectivity index (χ0v) is 17.8. The molecule has 4 rings (SSSR count). The Morgan fingerprint density at radius 3 is 2.48 bits per heavy atom. The maximum absolute atomic E-state index is 12.5. The molecule has 0 radical (unpaired) electrons. The summed E-state index contributed by atoms with van der Waals surface area (Å²) in [4.78, 5) is 25.9. The summed E-state index contributed by atoms with van der Waals surface area (Å²) in [6.45, 7) is 3.95. The van der Waals surface area contributed by atoms with Gasteiger partial charge in [-0.05, 0) is 55.3 Å². The van der Waals surface area contributed by atoms with Crippen molar-refractivity contribution < 1.29 is 14.3 Å². The van der Waals surface area contributed by atoms with Crippen LogP contribution in [-0.4, -0.2) is 11.9 Å². The Labute approximate surface area is 181 Å². The van der Waals surface area contributed by atoms with Gasteiger partial charge in [-0.3, -0.25) is 4.79 Å². The first kappa shape index (κ1) is 19.8. The Balaban J connectivity index is 1.50. The predicted molar refractivity (Wildman–Crippen MR) is 115 cm³/mol. The fraction of sp³-hybridized carbons (Fsp3) is 0.143. The third-order valence-corrected chi connectivity index (χ3v) is 6.42. The first-order valence-corrected chi connectivity index (χ1v) is 10.4. The molecule has 2 heterocycles. The molecular formula is C21H16Cl2N2O3S. The second-order valence-corrected chi connectivity index (χ2v) is 8.69. The van der Waals surface area contributed by atoms with Gasteiger partial charge in [0.1, 0.15) is 16.9 Å². The number of amides is 1. The van der Waals surface area contributed by atoms with E-state index in [0.29, 0.717) is 16.3 Å². The molecule has 0 fully saturated rings. The first-order valence-electron chi connectivity index (χ1n) is 8.78. The minimum Gasteiger partial charge on any atom is -0.423 e. The molecule has 0 saturated carbocycles. The Bertz CT molecular complexity index is 1130. The van der Waals surface area contributed by atoms with Crippen LogP contribution < -0.4 is 15.4 Å². The van der Waals surface area contributed by atoms with Crippen LogP contribution in [0.2, 0.25) is 10.0 Å². The van der Waals surface area contributed by atoms with Crippen molar-refractivity contribution in [1.82, 2.24) is 5.32 Å². The number of anilines is 1. The lowest BCUT2D eigenvalue weighted by Crippen LogP contribution is -2.38. The highest BCUT2D eigenvalue weighted by atomic mass is 35.5. The molecule has 2 N–H and O–H groups in total. The number of fused-ring (bicyclic) bond motifs is 1. The molecule has 1 aromatic heterocycles. The predicted octanol–water partition coefficient (Wildman–Crippen LogP) is 5.75. The number of benzene rings is 2. The molecule has 1 unspecified atom stereocenters. The van der Waals surface area contributed by atoms with E-state index >= 15 is 0 Å². The first-order chi connectivity index (χ1) is 13.8. The third-order valence-electron chi connectivity index (χ3n) is 4.74. The second-order valence-electron chi connectivity index (χ2n) is 6.62. The van der Waals surface area contributed by atoms with E-state index in [-0.39, 0.29) is 22.7 Å².